The number of hydrogen-bond acceptors (Lipinski definition) is 6. The van der Waals surface area contributed by atoms with Crippen molar-refractivity contribution in [3.63, 3.8) is 0 Å². The van der Waals surface area contributed by atoms with Crippen molar-refractivity contribution >= 4 is 0 Å². The summed E-state index contributed by atoms with van der Waals surface area (Å²) < 4.78 is 16.8. The number of fused-ring (bicyclic) bond motifs is 3. The number of nitrogens with zero attached hydrogens (tertiary/aromatic N) is 2. The van der Waals surface area contributed by atoms with Crippen molar-refractivity contribution in [2.45, 2.75) is 38.3 Å². The van der Waals surface area contributed by atoms with Crippen LogP contribution in [0.1, 0.15) is 31.2 Å². The Morgan fingerprint density at radius 3 is 2.66 bits per heavy atom. The Kier molecular flexibility index (Phi) is 5.95. The van der Waals surface area contributed by atoms with Crippen molar-refractivity contribution in [2.75, 3.05) is 52.7 Å². The van der Waals surface area contributed by atoms with Gasteiger partial charge in [0.25, 0.3) is 0 Å². The van der Waals surface area contributed by atoms with E-state index in [2.05, 4.69) is 21.9 Å². The van der Waals surface area contributed by atoms with E-state index in [1.54, 1.807) is 0 Å². The van der Waals surface area contributed by atoms with Gasteiger partial charge in [0.2, 0.25) is 6.79 Å². The lowest BCUT2D eigenvalue weighted by atomic mass is 9.90. The van der Waals surface area contributed by atoms with Gasteiger partial charge in [-0.3, -0.25) is 9.80 Å². The first kappa shape index (κ1) is 19.6. The molecule has 1 aromatic rings. The van der Waals surface area contributed by atoms with Crippen LogP contribution in [0.3, 0.4) is 0 Å². The summed E-state index contributed by atoms with van der Waals surface area (Å²) in [5, 5.41) is 10.4. The number of aliphatic hydroxyl groups is 1. The molecular formula is C23H34N2O4. The largest absolute Gasteiger partial charge is 0.454 e. The molecule has 6 nitrogen and oxygen atoms in total. The molecular weight excluding hydrogens is 368 g/mol. The summed E-state index contributed by atoms with van der Waals surface area (Å²) >= 11 is 0. The van der Waals surface area contributed by atoms with Gasteiger partial charge in [-0.25, -0.2) is 0 Å². The first-order valence-corrected chi connectivity index (χ1v) is 11.3. The van der Waals surface area contributed by atoms with Crippen LogP contribution in [0, 0.1) is 17.8 Å². The van der Waals surface area contributed by atoms with Crippen molar-refractivity contribution in [1.29, 1.82) is 0 Å². The maximum atomic E-state index is 10.4. The number of rotatable bonds is 8. The highest BCUT2D eigenvalue weighted by Gasteiger charge is 2.39. The van der Waals surface area contributed by atoms with Gasteiger partial charge in [-0.1, -0.05) is 12.5 Å². The van der Waals surface area contributed by atoms with E-state index in [0.717, 1.165) is 68.6 Å². The average Bonchev–Trinajstić information content (AvgIpc) is 3.46. The van der Waals surface area contributed by atoms with Gasteiger partial charge in [-0.2, -0.15) is 0 Å². The Hall–Kier alpha value is -1.34. The number of piperazine rings is 1. The van der Waals surface area contributed by atoms with Gasteiger partial charge in [0, 0.05) is 45.9 Å². The number of benzene rings is 1. The lowest BCUT2D eigenvalue weighted by Crippen LogP contribution is -2.48. The smallest absolute Gasteiger partial charge is 0.231 e. The molecule has 0 unspecified atom stereocenters. The van der Waals surface area contributed by atoms with E-state index in [1.807, 2.05) is 6.07 Å². The van der Waals surface area contributed by atoms with E-state index < -0.39 is 0 Å². The summed E-state index contributed by atoms with van der Waals surface area (Å²) in [7, 11) is 0. The fourth-order valence-corrected chi connectivity index (χ4v) is 5.71. The number of β-amino-alcohol motifs (C(OH)–C–C–N with tert-alkyl or cyclic N) is 1. The van der Waals surface area contributed by atoms with Crippen LogP contribution in [0.4, 0.5) is 0 Å². The second-order valence-corrected chi connectivity index (χ2v) is 9.39. The number of hydrogen-bond donors (Lipinski definition) is 1. The van der Waals surface area contributed by atoms with E-state index in [9.17, 15) is 5.11 Å². The molecule has 4 atom stereocenters. The highest BCUT2D eigenvalue weighted by molar-refractivity contribution is 5.44. The lowest BCUT2D eigenvalue weighted by Gasteiger charge is -2.35. The van der Waals surface area contributed by atoms with Crippen molar-refractivity contribution in [2.24, 2.45) is 17.8 Å². The van der Waals surface area contributed by atoms with E-state index in [-0.39, 0.29) is 6.10 Å². The van der Waals surface area contributed by atoms with Crippen molar-refractivity contribution in [3.8, 4) is 11.5 Å². The highest BCUT2D eigenvalue weighted by atomic mass is 16.7. The number of aliphatic hydroxyl groups excluding tert-OH is 1. The van der Waals surface area contributed by atoms with E-state index in [4.69, 9.17) is 14.2 Å². The molecule has 2 heterocycles. The van der Waals surface area contributed by atoms with Crippen LogP contribution < -0.4 is 9.47 Å². The Balaban J connectivity index is 0.989. The minimum absolute atomic E-state index is 0.325. The van der Waals surface area contributed by atoms with Gasteiger partial charge in [0.15, 0.2) is 11.5 Å². The molecule has 2 bridgehead atoms. The molecule has 0 radical (unpaired) electrons. The summed E-state index contributed by atoms with van der Waals surface area (Å²) in [6.07, 6.45) is 5.23. The molecule has 1 aromatic carbocycles. The molecule has 0 aromatic heterocycles. The van der Waals surface area contributed by atoms with E-state index in [0.29, 0.717) is 19.9 Å². The third-order valence-corrected chi connectivity index (χ3v) is 7.30. The maximum Gasteiger partial charge on any atom is 0.231 e. The van der Waals surface area contributed by atoms with Crippen LogP contribution in [0.2, 0.25) is 0 Å². The third-order valence-electron chi connectivity index (χ3n) is 7.30. The fraction of sp³-hybridized carbons (Fsp3) is 0.739. The first-order chi connectivity index (χ1) is 14.2. The molecule has 2 aliphatic heterocycles. The minimum atomic E-state index is -0.381. The topological polar surface area (TPSA) is 54.4 Å². The second-order valence-electron chi connectivity index (χ2n) is 9.39. The quantitative estimate of drug-likeness (QED) is 0.720. The fourth-order valence-electron chi connectivity index (χ4n) is 5.71. The molecule has 160 valence electrons. The zero-order chi connectivity index (χ0) is 19.6. The molecule has 2 aliphatic carbocycles. The summed E-state index contributed by atoms with van der Waals surface area (Å²) in [4.78, 5) is 4.83. The molecule has 1 saturated heterocycles. The Morgan fingerprint density at radius 1 is 1.03 bits per heavy atom. The summed E-state index contributed by atoms with van der Waals surface area (Å²) in [6.45, 7) is 7.33. The third kappa shape index (κ3) is 4.71. The summed E-state index contributed by atoms with van der Waals surface area (Å²) in [5.74, 6) is 4.31. The van der Waals surface area contributed by atoms with Gasteiger partial charge in [-0.15, -0.1) is 0 Å². The maximum absolute atomic E-state index is 10.4. The molecule has 0 amide bonds. The monoisotopic (exact) mass is 402 g/mol. The predicted molar refractivity (Wildman–Crippen MR) is 110 cm³/mol. The minimum Gasteiger partial charge on any atom is -0.454 e. The molecule has 29 heavy (non-hydrogen) atoms. The molecule has 3 fully saturated rings. The van der Waals surface area contributed by atoms with Crippen LogP contribution in [-0.4, -0.2) is 73.7 Å². The van der Waals surface area contributed by atoms with Crippen LogP contribution in [0.5, 0.6) is 11.5 Å². The highest BCUT2D eigenvalue weighted by Crippen LogP contribution is 2.48. The molecule has 6 heteroatoms. The van der Waals surface area contributed by atoms with Crippen molar-refractivity contribution < 1.29 is 19.3 Å². The van der Waals surface area contributed by atoms with Crippen molar-refractivity contribution in [3.05, 3.63) is 23.8 Å². The standard InChI is InChI=1S/C23H34N2O4/c26-21(15-27-14-20-10-17-1-3-19(20)9-17)13-25-7-5-24(6-8-25)12-18-2-4-22-23(11-18)29-16-28-22/h2,4,11,17,19-21,26H,1,3,5-10,12-16H2/t17-,19-,20-,21+/m1/s1. The van der Waals surface area contributed by atoms with Gasteiger partial charge in [-0.05, 0) is 54.7 Å². The first-order valence-electron chi connectivity index (χ1n) is 11.3. The van der Waals surface area contributed by atoms with Crippen LogP contribution in [0.25, 0.3) is 0 Å². The molecule has 0 spiro atoms. The summed E-state index contributed by atoms with van der Waals surface area (Å²) in [6, 6.07) is 6.21. The SMILES string of the molecule is O[C@H](COC[C@H]1C[C@@H]2CC[C@@H]1C2)CN1CCN(Cc2ccc3c(c2)OCO3)CC1. The van der Waals surface area contributed by atoms with Crippen LogP contribution >= 0.6 is 0 Å². The van der Waals surface area contributed by atoms with E-state index in [1.165, 1.54) is 31.2 Å². The predicted octanol–water partition coefficient (Wildman–Crippen LogP) is 2.35. The van der Waals surface area contributed by atoms with Gasteiger partial charge in [0.05, 0.1) is 12.7 Å². The normalized spacial score (nSPS) is 30.2. The van der Waals surface area contributed by atoms with Gasteiger partial charge in [0.1, 0.15) is 0 Å². The molecule has 4 aliphatic rings. The lowest BCUT2D eigenvalue weighted by molar-refractivity contribution is -0.00897. The Morgan fingerprint density at radius 2 is 1.86 bits per heavy atom. The zero-order valence-corrected chi connectivity index (χ0v) is 17.3. The second kappa shape index (κ2) is 8.80. The summed E-state index contributed by atoms with van der Waals surface area (Å²) in [5.41, 5.74) is 1.26. The van der Waals surface area contributed by atoms with E-state index >= 15 is 0 Å². The Bertz CT molecular complexity index is 691. The molecule has 5 rings (SSSR count). The zero-order valence-electron chi connectivity index (χ0n) is 17.3. The van der Waals surface area contributed by atoms with Crippen LogP contribution in [-0.2, 0) is 11.3 Å². The molecule has 2 saturated carbocycles. The number of ether oxygens (including phenoxy) is 3. The van der Waals surface area contributed by atoms with Crippen LogP contribution in [0.15, 0.2) is 18.2 Å². The average molecular weight is 403 g/mol. The Labute approximate surface area is 173 Å². The van der Waals surface area contributed by atoms with Crippen molar-refractivity contribution in [1.82, 2.24) is 9.80 Å². The molecule has 1 N–H and O–H groups in total. The van der Waals surface area contributed by atoms with Gasteiger partial charge < -0.3 is 19.3 Å². The van der Waals surface area contributed by atoms with Gasteiger partial charge >= 0.3 is 0 Å².